The van der Waals surface area contributed by atoms with Crippen molar-refractivity contribution in [1.82, 2.24) is 0 Å². The number of benzene rings is 3. The van der Waals surface area contributed by atoms with Gasteiger partial charge in [0.05, 0.1) is 36.5 Å². The zero-order chi connectivity index (χ0) is 38.9. The molecule has 0 unspecified atom stereocenters. The summed E-state index contributed by atoms with van der Waals surface area (Å²) in [6.07, 6.45) is -5.96. The van der Waals surface area contributed by atoms with E-state index in [0.717, 1.165) is 16.7 Å². The van der Waals surface area contributed by atoms with Crippen LogP contribution in [0, 0.1) is 0 Å². The highest BCUT2D eigenvalue weighted by molar-refractivity contribution is 14.1. The van der Waals surface area contributed by atoms with Gasteiger partial charge >= 0.3 is 5.97 Å². The van der Waals surface area contributed by atoms with Crippen LogP contribution in [0.3, 0.4) is 0 Å². The Balaban J connectivity index is 1.49. The molecule has 0 saturated carbocycles. The first-order valence-corrected chi connectivity index (χ1v) is 22.8. The summed E-state index contributed by atoms with van der Waals surface area (Å²) in [5.41, 5.74) is 3.03. The molecule has 0 spiro atoms. The van der Waals surface area contributed by atoms with Gasteiger partial charge in [-0.2, -0.15) is 0 Å². The standard InChI is InChI=1S/C42H57IO10Si/c1-28-35(50-29(2)44)37(53-54(7,8)42(3,4)5)34(43)40(49-28)52-36-33(27-46-24-30-18-12-9-13-19-30)51-41(45-6)39(48-26-32-22-16-11-17-23-32)38(36)47-25-31-20-14-10-15-21-31/h9-23,28,33-41H,24-27H2,1-8H3/t28-,33-,34+,35-,36-,37-,38+,39-,40-,41+/m1/s1. The largest absolute Gasteiger partial charge is 0.457 e. The Morgan fingerprint density at radius 3 is 1.74 bits per heavy atom. The van der Waals surface area contributed by atoms with E-state index < -0.39 is 69.6 Å². The van der Waals surface area contributed by atoms with Crippen LogP contribution in [0.5, 0.6) is 0 Å². The lowest BCUT2D eigenvalue weighted by molar-refractivity contribution is -0.348. The Kier molecular flexibility index (Phi) is 15.7. The Bertz CT molecular complexity index is 1560. The fourth-order valence-electron chi connectivity index (χ4n) is 6.37. The maximum atomic E-state index is 12.4. The highest BCUT2D eigenvalue weighted by Crippen LogP contribution is 2.42. The van der Waals surface area contributed by atoms with Gasteiger partial charge in [0, 0.05) is 14.0 Å². The molecule has 0 amide bonds. The highest BCUT2D eigenvalue weighted by Gasteiger charge is 2.54. The van der Waals surface area contributed by atoms with E-state index in [4.69, 9.17) is 42.3 Å². The van der Waals surface area contributed by atoms with Crippen LogP contribution in [0.1, 0.15) is 51.3 Å². The fraction of sp³-hybridized carbons (Fsp3) is 0.548. The molecule has 0 aliphatic carbocycles. The van der Waals surface area contributed by atoms with Crippen molar-refractivity contribution in [3.05, 3.63) is 108 Å². The summed E-state index contributed by atoms with van der Waals surface area (Å²) < 4.78 is 58.6. The molecule has 2 aliphatic rings. The number of carbonyl (C=O) groups excluding carboxylic acids is 1. The van der Waals surface area contributed by atoms with Crippen LogP contribution in [0.25, 0.3) is 0 Å². The Morgan fingerprint density at radius 1 is 0.722 bits per heavy atom. The fourth-order valence-corrected chi connectivity index (χ4v) is 8.85. The minimum Gasteiger partial charge on any atom is -0.457 e. The van der Waals surface area contributed by atoms with Crippen molar-refractivity contribution in [2.75, 3.05) is 13.7 Å². The smallest absolute Gasteiger partial charge is 0.303 e. The summed E-state index contributed by atoms with van der Waals surface area (Å²) in [5, 5.41) is -0.0880. The van der Waals surface area contributed by atoms with E-state index in [1.807, 2.05) is 97.9 Å². The average Bonchev–Trinajstić information content (AvgIpc) is 3.14. The first kappa shape index (κ1) is 42.9. The van der Waals surface area contributed by atoms with Gasteiger partial charge in [0.1, 0.15) is 30.5 Å². The van der Waals surface area contributed by atoms with Crippen molar-refractivity contribution < 1.29 is 47.1 Å². The van der Waals surface area contributed by atoms with E-state index in [-0.39, 0.29) is 15.6 Å². The molecule has 0 radical (unpaired) electrons. The van der Waals surface area contributed by atoms with E-state index in [1.165, 1.54) is 6.92 Å². The lowest BCUT2D eigenvalue weighted by atomic mass is 9.97. The third-order valence-electron chi connectivity index (χ3n) is 10.3. The zero-order valence-electron chi connectivity index (χ0n) is 32.7. The number of carbonyl (C=O) groups is 1. The molecule has 0 bridgehead atoms. The second-order valence-corrected chi connectivity index (χ2v) is 21.7. The molecule has 2 fully saturated rings. The van der Waals surface area contributed by atoms with Crippen LogP contribution in [-0.2, 0) is 66.9 Å². The number of methoxy groups -OCH3 is 1. The van der Waals surface area contributed by atoms with Crippen molar-refractivity contribution in [3.63, 3.8) is 0 Å². The summed E-state index contributed by atoms with van der Waals surface area (Å²) in [6.45, 7) is 15.4. The molecule has 12 heteroatoms. The molecule has 2 saturated heterocycles. The summed E-state index contributed by atoms with van der Waals surface area (Å²) in [5.74, 6) is -0.392. The molecule has 2 aliphatic heterocycles. The van der Waals surface area contributed by atoms with Crippen LogP contribution in [0.15, 0.2) is 91.0 Å². The number of ether oxygens (including phenoxy) is 8. The van der Waals surface area contributed by atoms with Gasteiger partial charge in [-0.1, -0.05) is 134 Å². The van der Waals surface area contributed by atoms with Crippen molar-refractivity contribution >= 4 is 36.9 Å². The van der Waals surface area contributed by atoms with Gasteiger partial charge in [-0.15, -0.1) is 0 Å². The lowest BCUT2D eigenvalue weighted by Crippen LogP contribution is -2.65. The molecule has 2 heterocycles. The van der Waals surface area contributed by atoms with E-state index >= 15 is 0 Å². The maximum absolute atomic E-state index is 12.4. The predicted octanol–water partition coefficient (Wildman–Crippen LogP) is 8.00. The third-order valence-corrected chi connectivity index (χ3v) is 16.1. The van der Waals surface area contributed by atoms with Crippen LogP contribution in [0.2, 0.25) is 18.1 Å². The number of halogens is 1. The summed E-state index contributed by atoms with van der Waals surface area (Å²) in [6, 6.07) is 29.9. The van der Waals surface area contributed by atoms with Gasteiger partial charge in [-0.05, 0) is 41.7 Å². The average molecular weight is 877 g/mol. The first-order valence-electron chi connectivity index (χ1n) is 18.7. The van der Waals surface area contributed by atoms with Crippen LogP contribution < -0.4 is 0 Å². The molecular weight excluding hydrogens is 819 g/mol. The number of hydrogen-bond donors (Lipinski definition) is 0. The summed E-state index contributed by atoms with van der Waals surface area (Å²) >= 11 is 2.33. The molecular formula is C42H57IO10Si. The number of alkyl halides is 1. The number of rotatable bonds is 16. The lowest BCUT2D eigenvalue weighted by Gasteiger charge is -2.50. The van der Waals surface area contributed by atoms with Crippen molar-refractivity contribution in [3.8, 4) is 0 Å². The van der Waals surface area contributed by atoms with E-state index in [0.29, 0.717) is 19.8 Å². The van der Waals surface area contributed by atoms with Gasteiger partial charge in [0.15, 0.2) is 27.0 Å². The topological polar surface area (TPSA) is 100 Å². The van der Waals surface area contributed by atoms with Crippen molar-refractivity contribution in [2.45, 2.75) is 132 Å². The first-order chi connectivity index (χ1) is 25.8. The summed E-state index contributed by atoms with van der Waals surface area (Å²) in [7, 11) is -0.744. The SMILES string of the molecule is CO[C@H]1O[C@H](COCc2ccccc2)[C@@H](O[C@H]2O[C@H](C)[C@@H](OC(C)=O)[C@H](O[Si](C)(C)C(C)(C)C)[C@@H]2I)[C@H](OCc2ccccc2)[C@H]1OCc1ccccc1. The number of esters is 1. The molecule has 0 aromatic heterocycles. The Labute approximate surface area is 335 Å². The molecule has 3 aromatic rings. The highest BCUT2D eigenvalue weighted by atomic mass is 127. The zero-order valence-corrected chi connectivity index (χ0v) is 35.9. The Hall–Kier alpha value is -2.24. The number of hydrogen-bond acceptors (Lipinski definition) is 10. The minimum absolute atomic E-state index is 0.0880. The predicted molar refractivity (Wildman–Crippen MR) is 216 cm³/mol. The van der Waals surface area contributed by atoms with Crippen LogP contribution in [0.4, 0.5) is 0 Å². The second-order valence-electron chi connectivity index (χ2n) is 15.5. The van der Waals surface area contributed by atoms with Gasteiger partial charge in [-0.25, -0.2) is 0 Å². The monoisotopic (exact) mass is 876 g/mol. The molecule has 0 N–H and O–H groups in total. The van der Waals surface area contributed by atoms with Gasteiger partial charge in [-0.3, -0.25) is 4.79 Å². The molecule has 10 nitrogen and oxygen atoms in total. The molecule has 3 aromatic carbocycles. The van der Waals surface area contributed by atoms with Crippen molar-refractivity contribution in [2.24, 2.45) is 0 Å². The molecule has 296 valence electrons. The maximum Gasteiger partial charge on any atom is 0.303 e. The van der Waals surface area contributed by atoms with E-state index in [9.17, 15) is 4.79 Å². The normalized spacial score (nSPS) is 29.1. The van der Waals surface area contributed by atoms with Gasteiger partial charge < -0.3 is 42.3 Å². The molecule has 54 heavy (non-hydrogen) atoms. The van der Waals surface area contributed by atoms with Crippen LogP contribution >= 0.6 is 22.6 Å². The van der Waals surface area contributed by atoms with E-state index in [1.54, 1.807) is 7.11 Å². The Morgan fingerprint density at radius 2 is 1.24 bits per heavy atom. The summed E-state index contributed by atoms with van der Waals surface area (Å²) in [4.78, 5) is 12.4. The molecule has 10 atom stereocenters. The third kappa shape index (κ3) is 11.4. The minimum atomic E-state index is -2.35. The molecule has 5 rings (SSSR count). The second kappa shape index (κ2) is 19.8. The van der Waals surface area contributed by atoms with E-state index in [2.05, 4.69) is 56.5 Å². The van der Waals surface area contributed by atoms with Crippen LogP contribution in [-0.4, -0.2) is 87.2 Å². The quantitative estimate of drug-likeness (QED) is 0.0610. The van der Waals surface area contributed by atoms with Gasteiger partial charge in [0.25, 0.3) is 0 Å². The van der Waals surface area contributed by atoms with Gasteiger partial charge in [0.2, 0.25) is 0 Å². The van der Waals surface area contributed by atoms with Crippen molar-refractivity contribution in [1.29, 1.82) is 0 Å².